The molecular formula is C30H65N3. The van der Waals surface area contributed by atoms with Gasteiger partial charge in [0.2, 0.25) is 0 Å². The summed E-state index contributed by atoms with van der Waals surface area (Å²) in [6.45, 7) is 19.5. The van der Waals surface area contributed by atoms with Gasteiger partial charge in [-0.25, -0.2) is 0 Å². The maximum absolute atomic E-state index is 3.75. The van der Waals surface area contributed by atoms with Gasteiger partial charge in [0.25, 0.3) is 0 Å². The van der Waals surface area contributed by atoms with Crippen molar-refractivity contribution in [3.63, 3.8) is 0 Å². The molecule has 33 heavy (non-hydrogen) atoms. The van der Waals surface area contributed by atoms with Gasteiger partial charge in [0.05, 0.1) is 0 Å². The van der Waals surface area contributed by atoms with Gasteiger partial charge in [0, 0.05) is 0 Å². The summed E-state index contributed by atoms with van der Waals surface area (Å²) in [7, 11) is 0. The molecule has 0 atom stereocenters. The summed E-state index contributed by atoms with van der Waals surface area (Å²) in [4.78, 5) is 5.50. The van der Waals surface area contributed by atoms with E-state index in [2.05, 4.69) is 42.8 Å². The van der Waals surface area contributed by atoms with Crippen LogP contribution in [0.1, 0.15) is 143 Å². The minimum absolute atomic E-state index is 1.19. The van der Waals surface area contributed by atoms with Crippen molar-refractivity contribution < 1.29 is 0 Å². The Morgan fingerprint density at radius 2 is 0.606 bits per heavy atom. The van der Waals surface area contributed by atoms with Gasteiger partial charge in [-0.2, -0.15) is 0 Å². The maximum Gasteiger partial charge on any atom is -0.000664 e. The molecule has 0 saturated heterocycles. The Kier molecular flexibility index (Phi) is 28.0. The lowest BCUT2D eigenvalue weighted by molar-refractivity contribution is 0.251. The number of rotatable bonds is 28. The second-order valence-electron chi connectivity index (χ2n) is 10.4. The topological polar surface area (TPSA) is 18.5 Å². The molecule has 0 aliphatic rings. The third-order valence-corrected chi connectivity index (χ3v) is 6.97. The molecule has 0 fully saturated rings. The first-order chi connectivity index (χ1) is 16.3. The van der Waals surface area contributed by atoms with Crippen LogP contribution in [0.3, 0.4) is 0 Å². The number of hydrogen-bond acceptors (Lipinski definition) is 3. The molecule has 0 aliphatic carbocycles. The van der Waals surface area contributed by atoms with Gasteiger partial charge in [-0.3, -0.25) is 0 Å². The van der Waals surface area contributed by atoms with Crippen molar-refractivity contribution in [3.8, 4) is 0 Å². The van der Waals surface area contributed by atoms with Crippen LogP contribution in [-0.2, 0) is 0 Å². The molecule has 0 aromatic rings. The molecule has 0 aromatic carbocycles. The quantitative estimate of drug-likeness (QED) is 0.117. The standard InChI is InChI=1S/C30H65N3/c1-5-9-13-17-25-32(26-18-14-10-6-2)29-21-23-31-24-22-30-33(27-19-15-11-7-3)28-20-16-12-8-4/h31H,5-30H2,1-4H3. The van der Waals surface area contributed by atoms with Crippen LogP contribution in [-0.4, -0.2) is 62.2 Å². The van der Waals surface area contributed by atoms with E-state index in [0.29, 0.717) is 0 Å². The van der Waals surface area contributed by atoms with E-state index >= 15 is 0 Å². The van der Waals surface area contributed by atoms with Crippen LogP contribution >= 0.6 is 0 Å². The number of nitrogens with one attached hydrogen (secondary N) is 1. The molecule has 0 radical (unpaired) electrons. The van der Waals surface area contributed by atoms with E-state index in [9.17, 15) is 0 Å². The maximum atomic E-state index is 3.75. The van der Waals surface area contributed by atoms with Crippen LogP contribution in [0, 0.1) is 0 Å². The lowest BCUT2D eigenvalue weighted by atomic mass is 10.1. The van der Waals surface area contributed by atoms with Crippen LogP contribution in [0.25, 0.3) is 0 Å². The monoisotopic (exact) mass is 468 g/mol. The van der Waals surface area contributed by atoms with E-state index in [1.54, 1.807) is 0 Å². The Hall–Kier alpha value is -0.120. The highest BCUT2D eigenvalue weighted by atomic mass is 15.1. The van der Waals surface area contributed by atoms with Gasteiger partial charge in [0.15, 0.2) is 0 Å². The van der Waals surface area contributed by atoms with E-state index in [0.717, 1.165) is 0 Å². The molecule has 1 N–H and O–H groups in total. The van der Waals surface area contributed by atoms with Crippen molar-refractivity contribution in [2.75, 3.05) is 52.4 Å². The lowest BCUT2D eigenvalue weighted by Crippen LogP contribution is -2.31. The summed E-state index contributed by atoms with van der Waals surface area (Å²) in [6, 6.07) is 0. The van der Waals surface area contributed by atoms with Crippen molar-refractivity contribution in [2.24, 2.45) is 0 Å². The second-order valence-corrected chi connectivity index (χ2v) is 10.4. The Bertz CT molecular complexity index is 291. The van der Waals surface area contributed by atoms with E-state index in [-0.39, 0.29) is 0 Å². The first-order valence-corrected chi connectivity index (χ1v) is 15.4. The van der Waals surface area contributed by atoms with Gasteiger partial charge in [-0.05, 0) is 90.9 Å². The largest absolute Gasteiger partial charge is 0.317 e. The molecule has 3 nitrogen and oxygen atoms in total. The predicted octanol–water partition coefficient (Wildman–Crippen LogP) is 8.28. The van der Waals surface area contributed by atoms with Crippen LogP contribution in [0.15, 0.2) is 0 Å². The van der Waals surface area contributed by atoms with Gasteiger partial charge < -0.3 is 15.1 Å². The minimum atomic E-state index is 1.19. The van der Waals surface area contributed by atoms with E-state index in [4.69, 9.17) is 0 Å². The van der Waals surface area contributed by atoms with Crippen LogP contribution in [0.5, 0.6) is 0 Å². The fourth-order valence-electron chi connectivity index (χ4n) is 4.70. The van der Waals surface area contributed by atoms with E-state index < -0.39 is 0 Å². The summed E-state index contributed by atoms with van der Waals surface area (Å²) in [5.74, 6) is 0. The van der Waals surface area contributed by atoms with Crippen LogP contribution in [0.4, 0.5) is 0 Å². The van der Waals surface area contributed by atoms with Crippen molar-refractivity contribution >= 4 is 0 Å². The lowest BCUT2D eigenvalue weighted by Gasteiger charge is -2.23. The van der Waals surface area contributed by atoms with Gasteiger partial charge >= 0.3 is 0 Å². The highest BCUT2D eigenvalue weighted by molar-refractivity contribution is 4.63. The smallest absolute Gasteiger partial charge is 0.000664 e. The zero-order chi connectivity index (χ0) is 24.2. The summed E-state index contributed by atoms with van der Waals surface area (Å²) in [6.07, 6.45) is 24.8. The van der Waals surface area contributed by atoms with Gasteiger partial charge in [-0.15, -0.1) is 0 Å². The first-order valence-electron chi connectivity index (χ1n) is 15.4. The number of nitrogens with zero attached hydrogens (tertiary/aromatic N) is 2. The van der Waals surface area contributed by atoms with Crippen LogP contribution < -0.4 is 5.32 Å². The predicted molar refractivity (Wildman–Crippen MR) is 152 cm³/mol. The third-order valence-electron chi connectivity index (χ3n) is 6.97. The molecule has 0 bridgehead atoms. The Morgan fingerprint density at radius 1 is 0.333 bits per heavy atom. The highest BCUT2D eigenvalue weighted by Gasteiger charge is 2.06. The van der Waals surface area contributed by atoms with Crippen molar-refractivity contribution in [2.45, 2.75) is 143 Å². The number of hydrogen-bond donors (Lipinski definition) is 1. The molecule has 0 heterocycles. The summed E-state index contributed by atoms with van der Waals surface area (Å²) < 4.78 is 0. The van der Waals surface area contributed by atoms with Crippen LogP contribution in [0.2, 0.25) is 0 Å². The van der Waals surface area contributed by atoms with Crippen molar-refractivity contribution in [1.29, 1.82) is 0 Å². The fourth-order valence-corrected chi connectivity index (χ4v) is 4.70. The average Bonchev–Trinajstić information content (AvgIpc) is 2.83. The van der Waals surface area contributed by atoms with Crippen molar-refractivity contribution in [1.82, 2.24) is 15.1 Å². The summed E-state index contributed by atoms with van der Waals surface area (Å²) in [5.41, 5.74) is 0. The first kappa shape index (κ1) is 32.9. The molecule has 0 amide bonds. The second kappa shape index (κ2) is 28.1. The molecule has 0 saturated carbocycles. The molecular weight excluding hydrogens is 402 g/mol. The Morgan fingerprint density at radius 3 is 0.879 bits per heavy atom. The molecule has 0 spiro atoms. The minimum Gasteiger partial charge on any atom is -0.317 e. The highest BCUT2D eigenvalue weighted by Crippen LogP contribution is 2.07. The fraction of sp³-hybridized carbons (Fsp3) is 1.00. The van der Waals surface area contributed by atoms with Gasteiger partial charge in [-0.1, -0.05) is 105 Å². The van der Waals surface area contributed by atoms with Crippen molar-refractivity contribution in [3.05, 3.63) is 0 Å². The van der Waals surface area contributed by atoms with Gasteiger partial charge in [0.1, 0.15) is 0 Å². The Labute approximate surface area is 210 Å². The Balaban J connectivity index is 3.98. The normalized spacial score (nSPS) is 11.8. The zero-order valence-corrected chi connectivity index (χ0v) is 23.8. The molecule has 0 aliphatic heterocycles. The number of unbranched alkanes of at least 4 members (excludes halogenated alkanes) is 12. The molecule has 0 rings (SSSR count). The third kappa shape index (κ3) is 24.8. The molecule has 0 aromatic heterocycles. The molecule has 0 unspecified atom stereocenters. The average molecular weight is 468 g/mol. The molecule has 3 heteroatoms. The summed E-state index contributed by atoms with van der Waals surface area (Å²) in [5, 5.41) is 3.75. The zero-order valence-electron chi connectivity index (χ0n) is 23.8. The van der Waals surface area contributed by atoms with E-state index in [1.807, 2.05) is 0 Å². The SMILES string of the molecule is CCCCCCN(CCCCCC)CCCNCCCN(CCCCCC)CCCCCC. The van der Waals surface area contributed by atoms with E-state index in [1.165, 1.54) is 168 Å². The summed E-state index contributed by atoms with van der Waals surface area (Å²) >= 11 is 0. The molecule has 200 valence electrons.